The molecule has 82 valence electrons. The van der Waals surface area contributed by atoms with Crippen molar-refractivity contribution in [1.29, 1.82) is 0 Å². The number of nitrogen functional groups attached to an aromatic ring is 1. The lowest BCUT2D eigenvalue weighted by atomic mass is 10.2. The quantitative estimate of drug-likeness (QED) is 0.790. The van der Waals surface area contributed by atoms with Gasteiger partial charge in [0, 0.05) is 12.5 Å². The number of nitrogens with two attached hydrogens (primary N) is 1. The molecule has 2 heterocycles. The highest BCUT2D eigenvalue weighted by atomic mass is 16.7. The average Bonchev–Trinajstić information content (AvgIpc) is 2.74. The van der Waals surface area contributed by atoms with Gasteiger partial charge >= 0.3 is 0 Å². The van der Waals surface area contributed by atoms with Gasteiger partial charge < -0.3 is 19.9 Å². The molecule has 0 radical (unpaired) electrons. The Morgan fingerprint density at radius 3 is 2.80 bits per heavy atom. The van der Waals surface area contributed by atoms with Crippen molar-refractivity contribution in [1.82, 2.24) is 4.98 Å². The summed E-state index contributed by atoms with van der Waals surface area (Å²) in [7, 11) is 1.56. The minimum absolute atomic E-state index is 0.192. The molecule has 1 aromatic rings. The molecule has 5 heteroatoms. The molecular weight excluding hydrogens is 196 g/mol. The first-order valence-electron chi connectivity index (χ1n) is 4.82. The second kappa shape index (κ2) is 4.46. The lowest BCUT2D eigenvalue weighted by Crippen LogP contribution is -2.13. The van der Waals surface area contributed by atoms with Gasteiger partial charge in [0.25, 0.3) is 0 Å². The lowest BCUT2D eigenvalue weighted by Gasteiger charge is -2.10. The molecule has 0 bridgehead atoms. The van der Waals surface area contributed by atoms with Gasteiger partial charge in [-0.25, -0.2) is 0 Å². The molecule has 1 aliphatic rings. The molecule has 0 amide bonds. The molecule has 15 heavy (non-hydrogen) atoms. The van der Waals surface area contributed by atoms with Gasteiger partial charge in [-0.15, -0.1) is 0 Å². The largest absolute Gasteiger partial charge is 0.481 e. The number of aromatic nitrogens is 1. The molecule has 0 spiro atoms. The number of rotatable bonds is 3. The van der Waals surface area contributed by atoms with Crippen LogP contribution in [-0.4, -0.2) is 31.6 Å². The fourth-order valence-corrected chi connectivity index (χ4v) is 1.48. The number of hydrogen-bond donors (Lipinski definition) is 1. The van der Waals surface area contributed by atoms with Crippen LogP contribution in [0.1, 0.15) is 5.56 Å². The van der Waals surface area contributed by atoms with E-state index in [0.29, 0.717) is 31.3 Å². The van der Waals surface area contributed by atoms with Crippen LogP contribution in [0.25, 0.3) is 0 Å². The van der Waals surface area contributed by atoms with Crippen LogP contribution in [0, 0.1) is 0 Å². The molecule has 0 atom stereocenters. The summed E-state index contributed by atoms with van der Waals surface area (Å²) in [4.78, 5) is 4.08. The SMILES string of the molecule is COc1ccc(CC2OCCO2)c(N)n1. The smallest absolute Gasteiger partial charge is 0.214 e. The van der Waals surface area contributed by atoms with Gasteiger partial charge in [-0.2, -0.15) is 4.98 Å². The summed E-state index contributed by atoms with van der Waals surface area (Å²) in [5.74, 6) is 0.984. The fraction of sp³-hybridized carbons (Fsp3) is 0.500. The highest BCUT2D eigenvalue weighted by Crippen LogP contribution is 2.18. The summed E-state index contributed by atoms with van der Waals surface area (Å²) >= 11 is 0. The number of nitrogens with zero attached hydrogens (tertiary/aromatic N) is 1. The van der Waals surface area contributed by atoms with E-state index in [9.17, 15) is 0 Å². The predicted octanol–water partition coefficient (Wildman–Crippen LogP) is 0.588. The normalized spacial score (nSPS) is 16.9. The van der Waals surface area contributed by atoms with Gasteiger partial charge in [-0.3, -0.25) is 0 Å². The Morgan fingerprint density at radius 2 is 2.20 bits per heavy atom. The zero-order valence-electron chi connectivity index (χ0n) is 8.60. The summed E-state index contributed by atoms with van der Waals surface area (Å²) in [6.45, 7) is 1.29. The zero-order chi connectivity index (χ0) is 10.7. The molecule has 1 aliphatic heterocycles. The van der Waals surface area contributed by atoms with Crippen LogP contribution >= 0.6 is 0 Å². The van der Waals surface area contributed by atoms with Crippen molar-refractivity contribution < 1.29 is 14.2 Å². The molecule has 0 aliphatic carbocycles. The molecule has 0 aromatic carbocycles. The van der Waals surface area contributed by atoms with Crippen molar-refractivity contribution in [2.75, 3.05) is 26.1 Å². The topological polar surface area (TPSA) is 66.6 Å². The number of pyridine rings is 1. The molecule has 5 nitrogen and oxygen atoms in total. The van der Waals surface area contributed by atoms with E-state index < -0.39 is 0 Å². The Hall–Kier alpha value is -1.33. The van der Waals surface area contributed by atoms with Crippen molar-refractivity contribution >= 4 is 5.82 Å². The van der Waals surface area contributed by atoms with E-state index in [-0.39, 0.29) is 6.29 Å². The molecule has 0 unspecified atom stereocenters. The first-order valence-corrected chi connectivity index (χ1v) is 4.82. The maximum Gasteiger partial charge on any atom is 0.214 e. The van der Waals surface area contributed by atoms with Gasteiger partial charge in [0.05, 0.1) is 20.3 Å². The maximum atomic E-state index is 5.77. The predicted molar refractivity (Wildman–Crippen MR) is 54.6 cm³/mol. The van der Waals surface area contributed by atoms with Gasteiger partial charge in [0.1, 0.15) is 5.82 Å². The molecule has 2 rings (SSSR count). The van der Waals surface area contributed by atoms with Crippen LogP contribution in [0.2, 0.25) is 0 Å². The third-order valence-corrected chi connectivity index (χ3v) is 2.27. The summed E-state index contributed by atoms with van der Waals surface area (Å²) < 4.78 is 15.6. The third-order valence-electron chi connectivity index (χ3n) is 2.27. The van der Waals surface area contributed by atoms with Crippen molar-refractivity contribution in [2.45, 2.75) is 12.7 Å². The molecule has 0 saturated carbocycles. The molecule has 1 fully saturated rings. The Bertz CT molecular complexity index is 337. The van der Waals surface area contributed by atoms with E-state index >= 15 is 0 Å². The van der Waals surface area contributed by atoms with Crippen molar-refractivity contribution in [3.63, 3.8) is 0 Å². The summed E-state index contributed by atoms with van der Waals surface area (Å²) in [5.41, 5.74) is 6.69. The molecule has 1 aromatic heterocycles. The first-order chi connectivity index (χ1) is 7.29. The van der Waals surface area contributed by atoms with Gasteiger partial charge in [0.2, 0.25) is 5.88 Å². The van der Waals surface area contributed by atoms with Crippen LogP contribution in [0.5, 0.6) is 5.88 Å². The number of hydrogen-bond acceptors (Lipinski definition) is 5. The lowest BCUT2D eigenvalue weighted by molar-refractivity contribution is -0.0399. The Kier molecular flexibility index (Phi) is 3.03. The highest BCUT2D eigenvalue weighted by molar-refractivity contribution is 5.42. The molecular formula is C10H14N2O3. The average molecular weight is 210 g/mol. The highest BCUT2D eigenvalue weighted by Gasteiger charge is 2.18. The van der Waals surface area contributed by atoms with Crippen LogP contribution in [0.4, 0.5) is 5.82 Å². The van der Waals surface area contributed by atoms with E-state index in [2.05, 4.69) is 4.98 Å². The van der Waals surface area contributed by atoms with Crippen LogP contribution in [0.15, 0.2) is 12.1 Å². The summed E-state index contributed by atoms with van der Waals surface area (Å²) in [5, 5.41) is 0. The Morgan fingerprint density at radius 1 is 1.47 bits per heavy atom. The van der Waals surface area contributed by atoms with E-state index in [1.54, 1.807) is 13.2 Å². The van der Waals surface area contributed by atoms with E-state index in [1.165, 1.54) is 0 Å². The maximum absolute atomic E-state index is 5.77. The van der Waals surface area contributed by atoms with E-state index in [4.69, 9.17) is 19.9 Å². The van der Waals surface area contributed by atoms with Crippen molar-refractivity contribution in [3.8, 4) is 5.88 Å². The fourth-order valence-electron chi connectivity index (χ4n) is 1.48. The number of ether oxygens (including phenoxy) is 3. The Balaban J connectivity index is 2.07. The molecule has 2 N–H and O–H groups in total. The minimum Gasteiger partial charge on any atom is -0.481 e. The first kappa shape index (κ1) is 10.2. The van der Waals surface area contributed by atoms with Gasteiger partial charge in [-0.05, 0) is 11.6 Å². The number of anilines is 1. The minimum atomic E-state index is -0.192. The van der Waals surface area contributed by atoms with Crippen LogP contribution < -0.4 is 10.5 Å². The molecule has 1 saturated heterocycles. The summed E-state index contributed by atoms with van der Waals surface area (Å²) in [6, 6.07) is 3.66. The van der Waals surface area contributed by atoms with Gasteiger partial charge in [-0.1, -0.05) is 0 Å². The van der Waals surface area contributed by atoms with Gasteiger partial charge in [0.15, 0.2) is 6.29 Å². The van der Waals surface area contributed by atoms with Crippen LogP contribution in [-0.2, 0) is 15.9 Å². The summed E-state index contributed by atoms with van der Waals surface area (Å²) in [6.07, 6.45) is 0.436. The second-order valence-electron chi connectivity index (χ2n) is 3.27. The van der Waals surface area contributed by atoms with E-state index in [1.807, 2.05) is 6.07 Å². The monoisotopic (exact) mass is 210 g/mol. The van der Waals surface area contributed by atoms with Crippen molar-refractivity contribution in [3.05, 3.63) is 17.7 Å². The third kappa shape index (κ3) is 2.37. The standard InChI is InChI=1S/C10H14N2O3/c1-13-8-3-2-7(10(11)12-8)6-9-14-4-5-15-9/h2-3,9H,4-6H2,1H3,(H2,11,12). The van der Waals surface area contributed by atoms with Crippen molar-refractivity contribution in [2.24, 2.45) is 0 Å². The Labute approximate surface area is 88.2 Å². The van der Waals surface area contributed by atoms with Crippen LogP contribution in [0.3, 0.4) is 0 Å². The zero-order valence-corrected chi connectivity index (χ0v) is 8.60. The van der Waals surface area contributed by atoms with E-state index in [0.717, 1.165) is 5.56 Å². The second-order valence-corrected chi connectivity index (χ2v) is 3.27. The number of methoxy groups -OCH3 is 1.